The maximum atomic E-state index is 10.9. The Bertz CT molecular complexity index is 774. The molecule has 0 saturated carbocycles. The van der Waals surface area contributed by atoms with Crippen LogP contribution in [-0.4, -0.2) is 11.3 Å². The van der Waals surface area contributed by atoms with Gasteiger partial charge in [0.05, 0.1) is 10.6 Å². The summed E-state index contributed by atoms with van der Waals surface area (Å²) < 4.78 is 0. The van der Waals surface area contributed by atoms with Crippen LogP contribution >= 0.6 is 11.3 Å². The number of rotatable bonds is 2. The Morgan fingerprint density at radius 1 is 1.05 bits per heavy atom. The minimum atomic E-state index is 0.707. The van der Waals surface area contributed by atoms with E-state index in [0.717, 1.165) is 22.6 Å². The molecule has 3 aromatic rings. The molecular weight excluding hydrogens is 254 g/mol. The molecule has 3 rings (SSSR count). The molecule has 0 aliphatic carbocycles. The zero-order chi connectivity index (χ0) is 13.4. The molecule has 0 bridgehead atoms. The van der Waals surface area contributed by atoms with Crippen LogP contribution in [0.25, 0.3) is 21.3 Å². The van der Waals surface area contributed by atoms with E-state index in [0.29, 0.717) is 4.88 Å². The van der Waals surface area contributed by atoms with E-state index in [9.17, 15) is 4.79 Å². The van der Waals surface area contributed by atoms with E-state index in [2.05, 4.69) is 48.3 Å². The first kappa shape index (κ1) is 12.1. The van der Waals surface area contributed by atoms with Crippen molar-refractivity contribution in [3.8, 4) is 10.6 Å². The number of thiazole rings is 1. The van der Waals surface area contributed by atoms with Gasteiger partial charge in [-0.2, -0.15) is 0 Å². The van der Waals surface area contributed by atoms with Crippen molar-refractivity contribution in [3.63, 3.8) is 0 Å². The maximum Gasteiger partial charge on any atom is 0.161 e. The third kappa shape index (κ3) is 2.17. The summed E-state index contributed by atoms with van der Waals surface area (Å²) >= 11 is 1.45. The van der Waals surface area contributed by atoms with Crippen LogP contribution in [0.1, 0.15) is 20.9 Å². The van der Waals surface area contributed by atoms with Gasteiger partial charge in [-0.1, -0.05) is 35.9 Å². The van der Waals surface area contributed by atoms with Crippen LogP contribution in [0.5, 0.6) is 0 Å². The second kappa shape index (κ2) is 4.59. The van der Waals surface area contributed by atoms with Crippen molar-refractivity contribution < 1.29 is 4.79 Å². The lowest BCUT2D eigenvalue weighted by Crippen LogP contribution is -1.80. The summed E-state index contributed by atoms with van der Waals surface area (Å²) in [7, 11) is 0. The van der Waals surface area contributed by atoms with Crippen molar-refractivity contribution in [2.75, 3.05) is 0 Å². The number of aryl methyl sites for hydroxylation is 2. The van der Waals surface area contributed by atoms with E-state index in [-0.39, 0.29) is 0 Å². The average molecular weight is 267 g/mol. The van der Waals surface area contributed by atoms with Gasteiger partial charge in [0.1, 0.15) is 5.01 Å². The number of carbonyl (C=O) groups excluding carboxylic acids is 1. The van der Waals surface area contributed by atoms with Crippen LogP contribution in [0.15, 0.2) is 36.4 Å². The zero-order valence-electron chi connectivity index (χ0n) is 10.8. The molecule has 0 aliphatic heterocycles. The summed E-state index contributed by atoms with van der Waals surface area (Å²) in [6.07, 6.45) is 0.876. The lowest BCUT2D eigenvalue weighted by molar-refractivity contribution is 0.112. The number of hydrogen-bond donors (Lipinski definition) is 0. The topological polar surface area (TPSA) is 30.0 Å². The Kier molecular flexibility index (Phi) is 2.91. The highest BCUT2D eigenvalue weighted by molar-refractivity contribution is 7.16. The standard InChI is InChI=1S/C16H13NOS/c1-10-3-4-13-8-14(6-5-12(13)7-10)16-17-11(2)15(9-18)19-16/h3-9H,1-2H3. The first-order valence-corrected chi connectivity index (χ1v) is 6.92. The fourth-order valence-corrected chi connectivity index (χ4v) is 3.02. The molecule has 0 fully saturated rings. The van der Waals surface area contributed by atoms with Gasteiger partial charge in [0.2, 0.25) is 0 Å². The molecule has 3 heteroatoms. The second-order valence-corrected chi connectivity index (χ2v) is 5.68. The number of carbonyl (C=O) groups is 1. The SMILES string of the molecule is Cc1ccc2cc(-c3nc(C)c(C=O)s3)ccc2c1. The lowest BCUT2D eigenvalue weighted by Gasteiger charge is -2.02. The van der Waals surface area contributed by atoms with Gasteiger partial charge in [0.15, 0.2) is 6.29 Å². The largest absolute Gasteiger partial charge is 0.297 e. The van der Waals surface area contributed by atoms with E-state index in [4.69, 9.17) is 0 Å². The quantitative estimate of drug-likeness (QED) is 0.644. The average Bonchev–Trinajstić information content (AvgIpc) is 2.79. The normalized spacial score (nSPS) is 10.8. The highest BCUT2D eigenvalue weighted by atomic mass is 32.1. The van der Waals surface area contributed by atoms with Gasteiger partial charge in [-0.15, -0.1) is 11.3 Å². The van der Waals surface area contributed by atoms with Gasteiger partial charge >= 0.3 is 0 Å². The molecule has 0 unspecified atom stereocenters. The van der Waals surface area contributed by atoms with E-state index in [1.54, 1.807) is 0 Å². The molecular formula is C16H13NOS. The first-order chi connectivity index (χ1) is 9.17. The molecule has 19 heavy (non-hydrogen) atoms. The van der Waals surface area contributed by atoms with Gasteiger partial charge in [0.25, 0.3) is 0 Å². The molecule has 0 aliphatic rings. The lowest BCUT2D eigenvalue weighted by atomic mass is 10.1. The smallest absolute Gasteiger partial charge is 0.161 e. The number of hydrogen-bond acceptors (Lipinski definition) is 3. The van der Waals surface area contributed by atoms with Crippen molar-refractivity contribution in [2.45, 2.75) is 13.8 Å². The maximum absolute atomic E-state index is 10.9. The number of fused-ring (bicyclic) bond motifs is 1. The molecule has 2 aromatic carbocycles. The number of aromatic nitrogens is 1. The summed E-state index contributed by atoms with van der Waals surface area (Å²) in [6.45, 7) is 3.96. The predicted octanol–water partition coefficient (Wildman–Crippen LogP) is 4.39. The molecule has 0 N–H and O–H groups in total. The summed E-state index contributed by atoms with van der Waals surface area (Å²) in [5.41, 5.74) is 3.13. The van der Waals surface area contributed by atoms with E-state index in [1.807, 2.05) is 6.92 Å². The zero-order valence-corrected chi connectivity index (χ0v) is 11.6. The third-order valence-corrected chi connectivity index (χ3v) is 4.31. The molecule has 94 valence electrons. The molecule has 0 saturated heterocycles. The van der Waals surface area contributed by atoms with E-state index in [1.165, 1.54) is 27.7 Å². The Balaban J connectivity index is 2.14. The summed E-state index contributed by atoms with van der Waals surface area (Å²) in [5.74, 6) is 0. The fraction of sp³-hybridized carbons (Fsp3) is 0.125. The van der Waals surface area contributed by atoms with Gasteiger partial charge < -0.3 is 0 Å². The summed E-state index contributed by atoms with van der Waals surface area (Å²) in [6, 6.07) is 12.7. The van der Waals surface area contributed by atoms with Gasteiger partial charge in [-0.05, 0) is 30.7 Å². The second-order valence-electron chi connectivity index (χ2n) is 4.65. The Hall–Kier alpha value is -2.00. The van der Waals surface area contributed by atoms with E-state index >= 15 is 0 Å². The fourth-order valence-electron chi connectivity index (χ4n) is 2.14. The highest BCUT2D eigenvalue weighted by Gasteiger charge is 2.09. The van der Waals surface area contributed by atoms with Crippen LogP contribution in [0.4, 0.5) is 0 Å². The third-order valence-electron chi connectivity index (χ3n) is 3.18. The molecule has 1 aromatic heterocycles. The molecule has 1 heterocycles. The Labute approximate surface area is 115 Å². The minimum Gasteiger partial charge on any atom is -0.297 e. The number of aldehydes is 1. The van der Waals surface area contributed by atoms with Gasteiger partial charge in [0, 0.05) is 5.56 Å². The van der Waals surface area contributed by atoms with Crippen molar-refractivity contribution in [3.05, 3.63) is 52.5 Å². The number of benzene rings is 2. The van der Waals surface area contributed by atoms with Crippen LogP contribution in [0, 0.1) is 13.8 Å². The minimum absolute atomic E-state index is 0.707. The highest BCUT2D eigenvalue weighted by Crippen LogP contribution is 2.29. The van der Waals surface area contributed by atoms with Crippen molar-refractivity contribution in [2.24, 2.45) is 0 Å². The predicted molar refractivity (Wildman–Crippen MR) is 79.9 cm³/mol. The molecule has 0 radical (unpaired) electrons. The number of nitrogens with zero attached hydrogens (tertiary/aromatic N) is 1. The molecule has 0 amide bonds. The first-order valence-electron chi connectivity index (χ1n) is 6.11. The Morgan fingerprint density at radius 3 is 2.53 bits per heavy atom. The summed E-state index contributed by atoms with van der Waals surface area (Å²) in [4.78, 5) is 16.1. The van der Waals surface area contributed by atoms with Crippen LogP contribution in [-0.2, 0) is 0 Å². The monoisotopic (exact) mass is 267 g/mol. The molecule has 0 atom stereocenters. The molecule has 2 nitrogen and oxygen atoms in total. The molecule has 0 spiro atoms. The van der Waals surface area contributed by atoms with Crippen LogP contribution in [0.2, 0.25) is 0 Å². The van der Waals surface area contributed by atoms with Crippen molar-refractivity contribution >= 4 is 28.4 Å². The van der Waals surface area contributed by atoms with Crippen molar-refractivity contribution in [1.82, 2.24) is 4.98 Å². The van der Waals surface area contributed by atoms with Crippen molar-refractivity contribution in [1.29, 1.82) is 0 Å². The van der Waals surface area contributed by atoms with E-state index < -0.39 is 0 Å². The summed E-state index contributed by atoms with van der Waals surface area (Å²) in [5, 5.41) is 3.33. The Morgan fingerprint density at radius 2 is 1.79 bits per heavy atom. The van der Waals surface area contributed by atoms with Crippen LogP contribution in [0.3, 0.4) is 0 Å². The van der Waals surface area contributed by atoms with Crippen LogP contribution < -0.4 is 0 Å². The van der Waals surface area contributed by atoms with Gasteiger partial charge in [-0.3, -0.25) is 4.79 Å². The van der Waals surface area contributed by atoms with Gasteiger partial charge in [-0.25, -0.2) is 4.98 Å².